The molecule has 0 spiro atoms. The summed E-state index contributed by atoms with van der Waals surface area (Å²) in [6.07, 6.45) is 1.43. The largest absolute Gasteiger partial charge is 0.312 e. The zero-order valence-electron chi connectivity index (χ0n) is 12.1. The van der Waals surface area contributed by atoms with Gasteiger partial charge in [-0.1, -0.05) is 23.7 Å². The lowest BCUT2D eigenvalue weighted by Crippen LogP contribution is -1.99. The molecule has 0 fully saturated rings. The minimum absolute atomic E-state index is 0.0430. The van der Waals surface area contributed by atoms with E-state index in [1.807, 2.05) is 35.9 Å². The van der Waals surface area contributed by atoms with Gasteiger partial charge in [-0.2, -0.15) is 5.10 Å². The first-order valence-corrected chi connectivity index (χ1v) is 7.08. The van der Waals surface area contributed by atoms with Gasteiger partial charge in [0.1, 0.15) is 0 Å². The number of nitro groups is 1. The molecule has 1 aromatic heterocycles. The third-order valence-electron chi connectivity index (χ3n) is 3.35. The molecule has 116 valence electrons. The van der Waals surface area contributed by atoms with E-state index in [-0.39, 0.29) is 5.69 Å². The van der Waals surface area contributed by atoms with Crippen LogP contribution in [0.1, 0.15) is 5.56 Å². The van der Waals surface area contributed by atoms with Crippen molar-refractivity contribution in [3.8, 4) is 0 Å². The lowest BCUT2D eigenvalue weighted by Gasteiger charge is -2.01. The topological polar surface area (TPSA) is 85.3 Å². The van der Waals surface area contributed by atoms with E-state index in [1.54, 1.807) is 0 Å². The fourth-order valence-electron chi connectivity index (χ4n) is 2.15. The Morgan fingerprint density at radius 2 is 2.13 bits per heavy atom. The molecule has 2 aromatic carbocycles. The molecule has 0 aliphatic rings. The minimum Gasteiger partial charge on any atom is -0.312 e. The molecule has 0 radical (unpaired) electrons. The summed E-state index contributed by atoms with van der Waals surface area (Å²) < 4.78 is 1.86. The Balaban J connectivity index is 1.84. The molecule has 0 aliphatic heterocycles. The van der Waals surface area contributed by atoms with Crippen LogP contribution >= 0.6 is 11.6 Å². The maximum Gasteiger partial charge on any atom is 0.270 e. The zero-order valence-corrected chi connectivity index (χ0v) is 12.9. The molecule has 23 heavy (non-hydrogen) atoms. The molecule has 0 saturated carbocycles. The summed E-state index contributed by atoms with van der Waals surface area (Å²) in [5.41, 5.74) is 5.05. The van der Waals surface area contributed by atoms with Crippen LogP contribution in [0.2, 0.25) is 5.02 Å². The van der Waals surface area contributed by atoms with Crippen LogP contribution in [-0.4, -0.2) is 20.7 Å². The van der Waals surface area contributed by atoms with Crippen molar-refractivity contribution < 1.29 is 4.92 Å². The van der Waals surface area contributed by atoms with Gasteiger partial charge in [-0.05, 0) is 18.2 Å². The van der Waals surface area contributed by atoms with E-state index in [1.165, 1.54) is 24.4 Å². The highest BCUT2D eigenvalue weighted by Gasteiger charge is 2.09. The number of non-ortho nitro benzene ring substituents is 1. The number of aryl methyl sites for hydroxylation is 1. The van der Waals surface area contributed by atoms with Gasteiger partial charge in [0.25, 0.3) is 5.69 Å². The molecule has 8 heteroatoms. The van der Waals surface area contributed by atoms with Crippen molar-refractivity contribution in [2.45, 2.75) is 0 Å². The van der Waals surface area contributed by atoms with Crippen molar-refractivity contribution in [3.63, 3.8) is 0 Å². The maximum absolute atomic E-state index is 10.8. The molecule has 0 atom stereocenters. The molecular formula is C15H12ClN5O2. The fraction of sp³-hybridized carbons (Fsp3) is 0.0667. The number of nitro benzene ring substituents is 1. The molecule has 1 N–H and O–H groups in total. The molecule has 0 aliphatic carbocycles. The number of anilines is 1. The highest BCUT2D eigenvalue weighted by atomic mass is 35.5. The summed E-state index contributed by atoms with van der Waals surface area (Å²) in [6, 6.07) is 11.9. The number of hydrazone groups is 1. The molecule has 0 amide bonds. The van der Waals surface area contributed by atoms with Crippen LogP contribution in [0, 0.1) is 10.1 Å². The van der Waals surface area contributed by atoms with E-state index >= 15 is 0 Å². The molecule has 3 rings (SSSR count). The first-order chi connectivity index (χ1) is 11.1. The highest BCUT2D eigenvalue weighted by Crippen LogP contribution is 2.21. The number of fused-ring (bicyclic) bond motifs is 1. The summed E-state index contributed by atoms with van der Waals surface area (Å²) in [5, 5.41) is 15.2. The van der Waals surface area contributed by atoms with E-state index in [4.69, 9.17) is 11.6 Å². The van der Waals surface area contributed by atoms with E-state index in [0.29, 0.717) is 16.5 Å². The summed E-state index contributed by atoms with van der Waals surface area (Å²) in [6.45, 7) is 0. The van der Waals surface area contributed by atoms with Crippen LogP contribution in [0.5, 0.6) is 0 Å². The van der Waals surface area contributed by atoms with Crippen molar-refractivity contribution in [2.75, 3.05) is 5.43 Å². The van der Waals surface area contributed by atoms with Gasteiger partial charge in [-0.3, -0.25) is 10.1 Å². The molecular weight excluding hydrogens is 318 g/mol. The number of nitrogens with one attached hydrogen (secondary N) is 1. The van der Waals surface area contributed by atoms with Gasteiger partial charge >= 0.3 is 0 Å². The van der Waals surface area contributed by atoms with Gasteiger partial charge in [0, 0.05) is 29.8 Å². The standard InChI is InChI=1S/C15H12ClN5O2/c1-20-14-5-3-2-4-13(14)18-15(20)19-17-9-10-8-11(21(22)23)6-7-12(10)16/h2-9H,1H3,(H,18,19)/b17-9-. The van der Waals surface area contributed by atoms with Crippen molar-refractivity contribution in [3.05, 3.63) is 63.2 Å². The smallest absolute Gasteiger partial charge is 0.270 e. The molecule has 0 bridgehead atoms. The number of imidazole rings is 1. The first kappa shape index (κ1) is 15.0. The minimum atomic E-state index is -0.480. The summed E-state index contributed by atoms with van der Waals surface area (Å²) >= 11 is 6.02. The second-order valence-electron chi connectivity index (χ2n) is 4.82. The van der Waals surface area contributed by atoms with E-state index in [9.17, 15) is 10.1 Å². The third-order valence-corrected chi connectivity index (χ3v) is 3.69. The Morgan fingerprint density at radius 1 is 1.35 bits per heavy atom. The Labute approximate surface area is 136 Å². The Bertz CT molecular complexity index is 919. The highest BCUT2D eigenvalue weighted by molar-refractivity contribution is 6.33. The predicted octanol–water partition coefficient (Wildman–Crippen LogP) is 3.58. The van der Waals surface area contributed by atoms with Crippen molar-refractivity contribution >= 4 is 40.5 Å². The predicted molar refractivity (Wildman–Crippen MR) is 90.0 cm³/mol. The van der Waals surface area contributed by atoms with E-state index in [2.05, 4.69) is 15.5 Å². The van der Waals surface area contributed by atoms with Crippen LogP contribution in [0.3, 0.4) is 0 Å². The van der Waals surface area contributed by atoms with Crippen LogP contribution in [0.4, 0.5) is 11.6 Å². The number of benzene rings is 2. The number of hydrogen-bond acceptors (Lipinski definition) is 5. The first-order valence-electron chi connectivity index (χ1n) is 6.71. The van der Waals surface area contributed by atoms with E-state index in [0.717, 1.165) is 11.0 Å². The monoisotopic (exact) mass is 329 g/mol. The number of hydrogen-bond donors (Lipinski definition) is 1. The molecule has 1 heterocycles. The zero-order chi connectivity index (χ0) is 16.4. The summed E-state index contributed by atoms with van der Waals surface area (Å²) in [7, 11) is 1.87. The van der Waals surface area contributed by atoms with Crippen molar-refractivity contribution in [1.82, 2.24) is 9.55 Å². The average molecular weight is 330 g/mol. The lowest BCUT2D eigenvalue weighted by atomic mass is 10.2. The van der Waals surface area contributed by atoms with Gasteiger partial charge in [0.15, 0.2) is 0 Å². The SMILES string of the molecule is Cn1c(N/N=C\c2cc([N+](=O)[O-])ccc2Cl)nc2ccccc21. The van der Waals surface area contributed by atoms with Crippen molar-refractivity contribution in [2.24, 2.45) is 12.1 Å². The summed E-state index contributed by atoms with van der Waals surface area (Å²) in [5.74, 6) is 0.559. The van der Waals surface area contributed by atoms with Crippen LogP contribution < -0.4 is 5.43 Å². The summed E-state index contributed by atoms with van der Waals surface area (Å²) in [4.78, 5) is 14.7. The van der Waals surface area contributed by atoms with Gasteiger partial charge in [0.2, 0.25) is 5.95 Å². The number of nitrogens with zero attached hydrogens (tertiary/aromatic N) is 4. The number of rotatable bonds is 4. The van der Waals surface area contributed by atoms with Gasteiger partial charge in [-0.25, -0.2) is 10.4 Å². The maximum atomic E-state index is 10.8. The fourth-order valence-corrected chi connectivity index (χ4v) is 2.32. The lowest BCUT2D eigenvalue weighted by molar-refractivity contribution is -0.384. The molecule has 0 unspecified atom stereocenters. The van der Waals surface area contributed by atoms with Gasteiger partial charge in [-0.15, -0.1) is 0 Å². The van der Waals surface area contributed by atoms with Gasteiger partial charge in [0.05, 0.1) is 22.2 Å². The second kappa shape index (κ2) is 6.05. The number of aromatic nitrogens is 2. The number of halogens is 1. The molecule has 7 nitrogen and oxygen atoms in total. The van der Waals surface area contributed by atoms with Crippen LogP contribution in [-0.2, 0) is 7.05 Å². The Morgan fingerprint density at radius 3 is 2.87 bits per heavy atom. The average Bonchev–Trinajstić information content (AvgIpc) is 2.86. The number of para-hydroxylation sites is 2. The van der Waals surface area contributed by atoms with Crippen LogP contribution in [0.15, 0.2) is 47.6 Å². The quantitative estimate of drug-likeness (QED) is 0.450. The van der Waals surface area contributed by atoms with E-state index < -0.39 is 4.92 Å². The van der Waals surface area contributed by atoms with Crippen molar-refractivity contribution in [1.29, 1.82) is 0 Å². The second-order valence-corrected chi connectivity index (χ2v) is 5.22. The Hall–Kier alpha value is -2.93. The van der Waals surface area contributed by atoms with Gasteiger partial charge < -0.3 is 4.57 Å². The molecule has 3 aromatic rings. The normalized spacial score (nSPS) is 11.2. The third kappa shape index (κ3) is 3.00. The molecule has 0 saturated heterocycles. The van der Waals surface area contributed by atoms with Crippen LogP contribution in [0.25, 0.3) is 11.0 Å². The Kier molecular flexibility index (Phi) is 3.94.